The zero-order valence-corrected chi connectivity index (χ0v) is 11.9. The molecule has 0 heterocycles. The van der Waals surface area contributed by atoms with E-state index in [0.29, 0.717) is 30.6 Å². The second kappa shape index (κ2) is 6.77. The topological polar surface area (TPSA) is 26.3 Å². The minimum atomic E-state index is -4.37. The van der Waals surface area contributed by atoms with Gasteiger partial charge < -0.3 is 4.74 Å². The van der Waals surface area contributed by atoms with Gasteiger partial charge in [0.2, 0.25) is 0 Å². The molecular formula is C15H19F3O2. The van der Waals surface area contributed by atoms with Crippen LogP contribution in [0, 0.1) is 5.92 Å². The molecule has 20 heavy (non-hydrogen) atoms. The van der Waals surface area contributed by atoms with Crippen LogP contribution in [0.1, 0.15) is 37.8 Å². The van der Waals surface area contributed by atoms with Gasteiger partial charge in [0.15, 0.2) is 0 Å². The predicted molar refractivity (Wildman–Crippen MR) is 70.8 cm³/mol. The lowest BCUT2D eigenvalue weighted by molar-refractivity contribution is -0.137. The molecule has 1 aromatic carbocycles. The summed E-state index contributed by atoms with van der Waals surface area (Å²) >= 11 is 0. The first-order valence-corrected chi connectivity index (χ1v) is 6.52. The third-order valence-corrected chi connectivity index (χ3v) is 3.12. The molecule has 0 aliphatic carbocycles. The molecule has 0 radical (unpaired) electrons. The van der Waals surface area contributed by atoms with E-state index in [9.17, 15) is 18.0 Å². The largest absolute Gasteiger partial charge is 0.496 e. The molecular weight excluding hydrogens is 269 g/mol. The molecule has 0 fully saturated rings. The number of halogens is 3. The maximum atomic E-state index is 12.7. The average Bonchev–Trinajstić information content (AvgIpc) is 2.37. The van der Waals surface area contributed by atoms with Gasteiger partial charge in [-0.3, -0.25) is 4.79 Å². The van der Waals surface area contributed by atoms with Gasteiger partial charge in [-0.15, -0.1) is 0 Å². The molecule has 0 unspecified atom stereocenters. The lowest BCUT2D eigenvalue weighted by atomic mass is 9.99. The molecule has 0 aliphatic heterocycles. The molecule has 0 saturated heterocycles. The maximum absolute atomic E-state index is 12.7. The standard InChI is InChI=1S/C15H19F3O2/c1-10(2)13(19)6-4-5-11-9-12(15(16,17)18)7-8-14(11)20-3/h7-10H,4-6H2,1-3H3. The fourth-order valence-corrected chi connectivity index (χ4v) is 1.89. The van der Waals surface area contributed by atoms with E-state index < -0.39 is 11.7 Å². The molecule has 5 heteroatoms. The summed E-state index contributed by atoms with van der Waals surface area (Å²) in [6, 6.07) is 3.42. The molecule has 0 aliphatic rings. The number of ketones is 1. The second-order valence-corrected chi connectivity index (χ2v) is 5.00. The van der Waals surface area contributed by atoms with Gasteiger partial charge in [0.1, 0.15) is 11.5 Å². The van der Waals surface area contributed by atoms with Gasteiger partial charge in [-0.25, -0.2) is 0 Å². The van der Waals surface area contributed by atoms with Gasteiger partial charge >= 0.3 is 6.18 Å². The number of carbonyl (C=O) groups excluding carboxylic acids is 1. The average molecular weight is 288 g/mol. The normalized spacial score (nSPS) is 11.8. The minimum Gasteiger partial charge on any atom is -0.496 e. The number of Topliss-reactive ketones (excluding diaryl/α,β-unsaturated/α-hetero) is 1. The van der Waals surface area contributed by atoms with Crippen molar-refractivity contribution in [3.63, 3.8) is 0 Å². The number of alkyl halides is 3. The molecule has 0 N–H and O–H groups in total. The van der Waals surface area contributed by atoms with Crippen molar-refractivity contribution >= 4 is 5.78 Å². The Bertz CT molecular complexity index is 465. The van der Waals surface area contributed by atoms with Gasteiger partial charge in [0, 0.05) is 12.3 Å². The quantitative estimate of drug-likeness (QED) is 0.781. The Kier molecular flexibility index (Phi) is 5.60. The Balaban J connectivity index is 2.79. The number of rotatable bonds is 6. The van der Waals surface area contributed by atoms with E-state index >= 15 is 0 Å². The van der Waals surface area contributed by atoms with Crippen LogP contribution in [0.2, 0.25) is 0 Å². The Morgan fingerprint density at radius 1 is 1.30 bits per heavy atom. The zero-order valence-electron chi connectivity index (χ0n) is 11.9. The van der Waals surface area contributed by atoms with Crippen molar-refractivity contribution in [2.75, 3.05) is 7.11 Å². The summed E-state index contributed by atoms with van der Waals surface area (Å²) in [6.45, 7) is 3.63. The van der Waals surface area contributed by atoms with E-state index in [4.69, 9.17) is 4.74 Å². The second-order valence-electron chi connectivity index (χ2n) is 5.00. The number of aryl methyl sites for hydroxylation is 1. The van der Waals surface area contributed by atoms with Crippen molar-refractivity contribution in [2.24, 2.45) is 5.92 Å². The number of ether oxygens (including phenoxy) is 1. The van der Waals surface area contributed by atoms with Crippen LogP contribution < -0.4 is 4.74 Å². The SMILES string of the molecule is COc1ccc(C(F)(F)F)cc1CCCC(=O)C(C)C. The Labute approximate surface area is 116 Å². The summed E-state index contributed by atoms with van der Waals surface area (Å²) in [6.07, 6.45) is -3.08. The molecule has 1 aromatic rings. The third kappa shape index (κ3) is 4.54. The van der Waals surface area contributed by atoms with Crippen molar-refractivity contribution in [1.82, 2.24) is 0 Å². The first kappa shape index (κ1) is 16.5. The van der Waals surface area contributed by atoms with Gasteiger partial charge in [0.05, 0.1) is 12.7 Å². The van der Waals surface area contributed by atoms with Crippen molar-refractivity contribution in [1.29, 1.82) is 0 Å². The third-order valence-electron chi connectivity index (χ3n) is 3.12. The summed E-state index contributed by atoms with van der Waals surface area (Å²) in [5, 5.41) is 0. The van der Waals surface area contributed by atoms with Crippen LogP contribution in [0.25, 0.3) is 0 Å². The summed E-state index contributed by atoms with van der Waals surface area (Å²) in [5.74, 6) is 0.504. The fraction of sp³-hybridized carbons (Fsp3) is 0.533. The molecule has 1 rings (SSSR count). The lowest BCUT2D eigenvalue weighted by Crippen LogP contribution is -2.08. The first-order chi connectivity index (χ1) is 9.25. The molecule has 0 saturated carbocycles. The van der Waals surface area contributed by atoms with Crippen LogP contribution in [-0.4, -0.2) is 12.9 Å². The van der Waals surface area contributed by atoms with Crippen LogP contribution in [0.3, 0.4) is 0 Å². The van der Waals surface area contributed by atoms with Gasteiger partial charge in [0.25, 0.3) is 0 Å². The number of benzene rings is 1. The maximum Gasteiger partial charge on any atom is 0.416 e. The van der Waals surface area contributed by atoms with Crippen molar-refractivity contribution in [3.05, 3.63) is 29.3 Å². The van der Waals surface area contributed by atoms with E-state index in [2.05, 4.69) is 0 Å². The highest BCUT2D eigenvalue weighted by Crippen LogP contribution is 2.33. The Morgan fingerprint density at radius 3 is 2.45 bits per heavy atom. The predicted octanol–water partition coefficient (Wildman–Crippen LogP) is 4.26. The van der Waals surface area contributed by atoms with Crippen molar-refractivity contribution in [3.8, 4) is 5.75 Å². The van der Waals surface area contributed by atoms with Crippen LogP contribution in [0.5, 0.6) is 5.75 Å². The highest BCUT2D eigenvalue weighted by Gasteiger charge is 2.31. The number of carbonyl (C=O) groups is 1. The van der Waals surface area contributed by atoms with Crippen LogP contribution >= 0.6 is 0 Å². The zero-order chi connectivity index (χ0) is 15.3. The molecule has 0 bridgehead atoms. The van der Waals surface area contributed by atoms with Gasteiger partial charge in [-0.1, -0.05) is 13.8 Å². The number of hydrogen-bond donors (Lipinski definition) is 0. The highest BCUT2D eigenvalue weighted by atomic mass is 19.4. The molecule has 0 atom stereocenters. The van der Waals surface area contributed by atoms with Gasteiger partial charge in [-0.2, -0.15) is 13.2 Å². The number of methoxy groups -OCH3 is 1. The Hall–Kier alpha value is -1.52. The molecule has 0 aromatic heterocycles. The van der Waals surface area contributed by atoms with Crippen LogP contribution in [0.4, 0.5) is 13.2 Å². The molecule has 112 valence electrons. The van der Waals surface area contributed by atoms with E-state index in [1.807, 2.05) is 13.8 Å². The molecule has 2 nitrogen and oxygen atoms in total. The first-order valence-electron chi connectivity index (χ1n) is 6.52. The van der Waals surface area contributed by atoms with E-state index in [-0.39, 0.29) is 11.7 Å². The monoisotopic (exact) mass is 288 g/mol. The van der Waals surface area contributed by atoms with Gasteiger partial charge in [-0.05, 0) is 36.6 Å². The fourth-order valence-electron chi connectivity index (χ4n) is 1.89. The van der Waals surface area contributed by atoms with E-state index in [1.165, 1.54) is 13.2 Å². The summed E-state index contributed by atoms with van der Waals surface area (Å²) in [4.78, 5) is 11.5. The molecule has 0 amide bonds. The Morgan fingerprint density at radius 2 is 1.95 bits per heavy atom. The van der Waals surface area contributed by atoms with E-state index in [1.54, 1.807) is 0 Å². The minimum absolute atomic E-state index is 0.0431. The lowest BCUT2D eigenvalue weighted by Gasteiger charge is -2.13. The summed E-state index contributed by atoms with van der Waals surface area (Å²) in [7, 11) is 1.42. The molecule has 0 spiro atoms. The van der Waals surface area contributed by atoms with Crippen molar-refractivity contribution < 1.29 is 22.7 Å². The van der Waals surface area contributed by atoms with Crippen molar-refractivity contribution in [2.45, 2.75) is 39.3 Å². The van der Waals surface area contributed by atoms with Crippen LogP contribution in [-0.2, 0) is 17.4 Å². The van der Waals surface area contributed by atoms with Crippen LogP contribution in [0.15, 0.2) is 18.2 Å². The summed E-state index contributed by atoms with van der Waals surface area (Å²) < 4.78 is 43.1. The number of hydrogen-bond acceptors (Lipinski definition) is 2. The van der Waals surface area contributed by atoms with E-state index in [0.717, 1.165) is 12.1 Å². The smallest absolute Gasteiger partial charge is 0.416 e. The highest BCUT2D eigenvalue weighted by molar-refractivity contribution is 5.80. The summed E-state index contributed by atoms with van der Waals surface area (Å²) in [5.41, 5.74) is -0.206.